The third-order valence-electron chi connectivity index (χ3n) is 3.72. The van der Waals surface area contributed by atoms with E-state index in [9.17, 15) is 13.2 Å². The average Bonchev–Trinajstić information content (AvgIpc) is 2.63. The molecule has 1 aliphatic rings. The van der Waals surface area contributed by atoms with Crippen LogP contribution in [0, 0.1) is 13.8 Å². The summed E-state index contributed by atoms with van der Waals surface area (Å²) in [6, 6.07) is 0. The van der Waals surface area contributed by atoms with Crippen molar-refractivity contribution in [2.24, 2.45) is 7.05 Å². The van der Waals surface area contributed by atoms with Crippen LogP contribution in [0.25, 0.3) is 0 Å². The van der Waals surface area contributed by atoms with Gasteiger partial charge in [-0.3, -0.25) is 9.48 Å². The molecule has 1 aromatic heterocycles. The fourth-order valence-electron chi connectivity index (χ4n) is 2.50. The van der Waals surface area contributed by atoms with Gasteiger partial charge in [0.15, 0.2) is 0 Å². The van der Waals surface area contributed by atoms with Crippen LogP contribution in [0.15, 0.2) is 4.90 Å². The number of aryl methyl sites for hydroxylation is 2. The lowest BCUT2D eigenvalue weighted by Gasteiger charge is -2.33. The number of piperazine rings is 1. The number of hydrogen-bond acceptors (Lipinski definition) is 4. The molecule has 112 valence electrons. The van der Waals surface area contributed by atoms with E-state index in [1.54, 1.807) is 30.5 Å². The lowest BCUT2D eigenvalue weighted by molar-refractivity contribution is -0.129. The van der Waals surface area contributed by atoms with Crippen molar-refractivity contribution in [3.8, 4) is 0 Å². The second kappa shape index (κ2) is 5.17. The predicted molar refractivity (Wildman–Crippen MR) is 73.7 cm³/mol. The van der Waals surface area contributed by atoms with Crippen molar-refractivity contribution in [2.45, 2.75) is 25.7 Å². The molecule has 0 spiro atoms. The average molecular weight is 300 g/mol. The summed E-state index contributed by atoms with van der Waals surface area (Å²) in [6.07, 6.45) is 0. The molecule has 0 bridgehead atoms. The highest BCUT2D eigenvalue weighted by Crippen LogP contribution is 2.23. The van der Waals surface area contributed by atoms with Gasteiger partial charge in [-0.15, -0.1) is 0 Å². The summed E-state index contributed by atoms with van der Waals surface area (Å²) in [6.45, 7) is 6.48. The van der Waals surface area contributed by atoms with E-state index in [0.29, 0.717) is 37.6 Å². The third-order valence-corrected chi connectivity index (χ3v) is 5.88. The summed E-state index contributed by atoms with van der Waals surface area (Å²) in [7, 11) is -1.81. The van der Waals surface area contributed by atoms with Crippen molar-refractivity contribution in [1.29, 1.82) is 0 Å². The first-order valence-corrected chi connectivity index (χ1v) is 7.95. The van der Waals surface area contributed by atoms with Gasteiger partial charge in [0.2, 0.25) is 15.9 Å². The SMILES string of the molecule is CC(=O)N1CCN(S(=O)(=O)c2c(C)nn(C)c2C)CC1. The van der Waals surface area contributed by atoms with Crippen LogP contribution in [0.4, 0.5) is 0 Å². The number of hydrogen-bond donors (Lipinski definition) is 0. The number of amides is 1. The van der Waals surface area contributed by atoms with Gasteiger partial charge >= 0.3 is 0 Å². The summed E-state index contributed by atoms with van der Waals surface area (Å²) >= 11 is 0. The minimum absolute atomic E-state index is 0.0178. The molecule has 0 N–H and O–H groups in total. The van der Waals surface area contributed by atoms with E-state index in [-0.39, 0.29) is 10.8 Å². The maximum Gasteiger partial charge on any atom is 0.246 e. The van der Waals surface area contributed by atoms with E-state index in [2.05, 4.69) is 5.10 Å². The Balaban J connectivity index is 2.26. The molecule has 0 aliphatic carbocycles. The first-order valence-electron chi connectivity index (χ1n) is 6.51. The maximum absolute atomic E-state index is 12.7. The molecule has 1 aromatic rings. The Bertz CT molecular complexity index is 627. The molecule has 0 saturated carbocycles. The molecule has 7 nitrogen and oxygen atoms in total. The molecular weight excluding hydrogens is 280 g/mol. The highest BCUT2D eigenvalue weighted by Gasteiger charge is 2.33. The van der Waals surface area contributed by atoms with Crippen LogP contribution in [0.2, 0.25) is 0 Å². The summed E-state index contributed by atoms with van der Waals surface area (Å²) in [5.74, 6) is -0.0178. The molecule has 20 heavy (non-hydrogen) atoms. The number of nitrogens with zero attached hydrogens (tertiary/aromatic N) is 4. The molecule has 0 atom stereocenters. The quantitative estimate of drug-likeness (QED) is 0.764. The summed E-state index contributed by atoms with van der Waals surface area (Å²) in [5, 5.41) is 4.16. The van der Waals surface area contributed by atoms with Gasteiger partial charge in [0.25, 0.3) is 0 Å². The van der Waals surface area contributed by atoms with Gasteiger partial charge in [0.05, 0.1) is 11.4 Å². The van der Waals surface area contributed by atoms with E-state index in [1.165, 1.54) is 11.2 Å². The molecule has 0 unspecified atom stereocenters. The van der Waals surface area contributed by atoms with E-state index in [1.807, 2.05) is 0 Å². The minimum atomic E-state index is -3.54. The third kappa shape index (κ3) is 2.45. The Morgan fingerprint density at radius 1 is 1.15 bits per heavy atom. The van der Waals surface area contributed by atoms with Crippen molar-refractivity contribution in [3.05, 3.63) is 11.4 Å². The van der Waals surface area contributed by atoms with Crippen LogP contribution in [-0.2, 0) is 21.9 Å². The fourth-order valence-corrected chi connectivity index (χ4v) is 4.32. The Hall–Kier alpha value is -1.41. The van der Waals surface area contributed by atoms with Crippen LogP contribution in [0.5, 0.6) is 0 Å². The molecule has 0 aromatic carbocycles. The molecule has 1 amide bonds. The smallest absolute Gasteiger partial charge is 0.246 e. The largest absolute Gasteiger partial charge is 0.340 e. The zero-order valence-electron chi connectivity index (χ0n) is 12.3. The zero-order valence-corrected chi connectivity index (χ0v) is 13.1. The molecule has 1 saturated heterocycles. The van der Waals surface area contributed by atoms with E-state index >= 15 is 0 Å². The number of aromatic nitrogens is 2. The molecular formula is C12H20N4O3S. The summed E-state index contributed by atoms with van der Waals surface area (Å²) in [4.78, 5) is 13.2. The lowest BCUT2D eigenvalue weighted by atomic mass is 10.3. The second-order valence-electron chi connectivity index (χ2n) is 5.03. The summed E-state index contributed by atoms with van der Waals surface area (Å²) in [5.41, 5.74) is 1.15. The highest BCUT2D eigenvalue weighted by molar-refractivity contribution is 7.89. The number of carbonyl (C=O) groups is 1. The molecule has 1 fully saturated rings. The highest BCUT2D eigenvalue weighted by atomic mass is 32.2. The monoisotopic (exact) mass is 300 g/mol. The van der Waals surface area contributed by atoms with Crippen molar-refractivity contribution < 1.29 is 13.2 Å². The van der Waals surface area contributed by atoms with Crippen LogP contribution in [0.1, 0.15) is 18.3 Å². The number of rotatable bonds is 2. The van der Waals surface area contributed by atoms with Crippen LogP contribution >= 0.6 is 0 Å². The Labute approximate surface area is 119 Å². The Kier molecular flexibility index (Phi) is 3.88. The van der Waals surface area contributed by atoms with E-state index < -0.39 is 10.0 Å². The lowest BCUT2D eigenvalue weighted by Crippen LogP contribution is -2.50. The van der Waals surface area contributed by atoms with Gasteiger partial charge in [-0.05, 0) is 13.8 Å². The molecule has 2 heterocycles. The van der Waals surface area contributed by atoms with Gasteiger partial charge in [-0.2, -0.15) is 9.40 Å². The van der Waals surface area contributed by atoms with Crippen molar-refractivity contribution in [2.75, 3.05) is 26.2 Å². The molecule has 0 radical (unpaired) electrons. The molecule has 8 heteroatoms. The van der Waals surface area contributed by atoms with E-state index in [0.717, 1.165) is 0 Å². The number of carbonyl (C=O) groups excluding carboxylic acids is 1. The number of sulfonamides is 1. The van der Waals surface area contributed by atoms with Crippen molar-refractivity contribution in [1.82, 2.24) is 19.0 Å². The molecule has 1 aliphatic heterocycles. The predicted octanol–water partition coefficient (Wildman–Crippen LogP) is -0.110. The topological polar surface area (TPSA) is 75.5 Å². The van der Waals surface area contributed by atoms with Crippen LogP contribution in [-0.4, -0.2) is 59.5 Å². The fraction of sp³-hybridized carbons (Fsp3) is 0.667. The first-order chi connectivity index (χ1) is 9.25. The van der Waals surface area contributed by atoms with Crippen molar-refractivity contribution >= 4 is 15.9 Å². The summed E-state index contributed by atoms with van der Waals surface area (Å²) < 4.78 is 28.4. The van der Waals surface area contributed by atoms with Crippen LogP contribution in [0.3, 0.4) is 0 Å². The van der Waals surface area contributed by atoms with Crippen LogP contribution < -0.4 is 0 Å². The van der Waals surface area contributed by atoms with Gasteiger partial charge in [0.1, 0.15) is 4.90 Å². The standard InChI is InChI=1S/C12H20N4O3S/c1-9-12(10(2)14(4)13-9)20(18,19)16-7-5-15(6-8-16)11(3)17/h5-8H2,1-4H3. The maximum atomic E-state index is 12.7. The Morgan fingerprint density at radius 3 is 2.10 bits per heavy atom. The normalized spacial score (nSPS) is 17.5. The van der Waals surface area contributed by atoms with Gasteiger partial charge in [-0.1, -0.05) is 0 Å². The van der Waals surface area contributed by atoms with Gasteiger partial charge in [0, 0.05) is 40.2 Å². The molecule has 2 rings (SSSR count). The second-order valence-corrected chi connectivity index (χ2v) is 6.91. The van der Waals surface area contributed by atoms with Gasteiger partial charge in [-0.25, -0.2) is 8.42 Å². The zero-order chi connectivity index (χ0) is 15.1. The van der Waals surface area contributed by atoms with Gasteiger partial charge < -0.3 is 4.90 Å². The minimum Gasteiger partial charge on any atom is -0.340 e. The van der Waals surface area contributed by atoms with Crippen molar-refractivity contribution in [3.63, 3.8) is 0 Å². The van der Waals surface area contributed by atoms with E-state index in [4.69, 9.17) is 0 Å². The Morgan fingerprint density at radius 2 is 1.70 bits per heavy atom. The first kappa shape index (κ1) is 15.0.